The summed E-state index contributed by atoms with van der Waals surface area (Å²) in [6, 6.07) is 1.10. The van der Waals surface area contributed by atoms with Crippen molar-refractivity contribution in [1.82, 2.24) is 0 Å². The van der Waals surface area contributed by atoms with Crippen molar-refractivity contribution in [3.8, 4) is 0 Å². The topological polar surface area (TPSA) is 86.3 Å². The average molecular weight is 364 g/mol. The number of rotatable bonds is 5. The number of halogens is 4. The van der Waals surface area contributed by atoms with Crippen molar-refractivity contribution in [3.05, 3.63) is 43.5 Å². The summed E-state index contributed by atoms with van der Waals surface area (Å²) in [4.78, 5) is 20.0. The predicted molar refractivity (Wildman–Crippen MR) is 80.1 cm³/mol. The average Bonchev–Trinajstić information content (AvgIpc) is 2.53. The van der Waals surface area contributed by atoms with Gasteiger partial charge in [-0.05, 0) is 24.3 Å². The molecule has 0 saturated heterocycles. The van der Waals surface area contributed by atoms with Gasteiger partial charge in [0, 0.05) is 13.0 Å². The number of benzene rings is 1. The molecule has 6 nitrogen and oxygen atoms in total. The Balaban J connectivity index is 2.81. The van der Waals surface area contributed by atoms with Gasteiger partial charge in [0.2, 0.25) is 0 Å². The zero-order valence-electron chi connectivity index (χ0n) is 13.3. The van der Waals surface area contributed by atoms with Gasteiger partial charge in [0.25, 0.3) is 11.4 Å². The van der Waals surface area contributed by atoms with Crippen LogP contribution in [0.4, 0.5) is 28.9 Å². The largest absolute Gasteiger partial charge is 0.341 e. The van der Waals surface area contributed by atoms with E-state index in [-0.39, 0.29) is 6.92 Å². The van der Waals surface area contributed by atoms with E-state index in [0.717, 1.165) is 12.5 Å². The SMILES string of the molecule is CC(F)(F)C(F)(F)c1c(C2CCCCC2)cc([N+](=O)[O-])cc1[N+](=O)[O-]. The van der Waals surface area contributed by atoms with E-state index < -0.39 is 50.1 Å². The summed E-state index contributed by atoms with van der Waals surface area (Å²) < 4.78 is 55.9. The van der Waals surface area contributed by atoms with Crippen LogP contribution in [0.3, 0.4) is 0 Å². The second-order valence-electron chi connectivity index (χ2n) is 6.24. The lowest BCUT2D eigenvalue weighted by atomic mass is 9.79. The zero-order chi connectivity index (χ0) is 19.0. The molecule has 1 aliphatic carbocycles. The highest BCUT2D eigenvalue weighted by molar-refractivity contribution is 5.57. The van der Waals surface area contributed by atoms with E-state index in [1.165, 1.54) is 0 Å². The Morgan fingerprint density at radius 1 is 1.00 bits per heavy atom. The van der Waals surface area contributed by atoms with Gasteiger partial charge in [0.1, 0.15) is 5.56 Å². The fourth-order valence-electron chi connectivity index (χ4n) is 3.18. The van der Waals surface area contributed by atoms with Crippen LogP contribution in [0, 0.1) is 20.2 Å². The molecule has 0 heterocycles. The quantitative estimate of drug-likeness (QED) is 0.403. The zero-order valence-corrected chi connectivity index (χ0v) is 13.3. The smallest absolute Gasteiger partial charge is 0.258 e. The molecule has 0 aromatic heterocycles. The minimum Gasteiger partial charge on any atom is -0.258 e. The first-order valence-electron chi connectivity index (χ1n) is 7.69. The molecule has 25 heavy (non-hydrogen) atoms. The van der Waals surface area contributed by atoms with Crippen molar-refractivity contribution < 1.29 is 27.4 Å². The van der Waals surface area contributed by atoms with Crippen molar-refractivity contribution in [2.24, 2.45) is 0 Å². The van der Waals surface area contributed by atoms with Crippen molar-refractivity contribution in [2.45, 2.75) is 56.8 Å². The summed E-state index contributed by atoms with van der Waals surface area (Å²) in [6.45, 7) is -0.0250. The summed E-state index contributed by atoms with van der Waals surface area (Å²) in [5.41, 5.74) is -3.94. The van der Waals surface area contributed by atoms with E-state index in [0.29, 0.717) is 31.7 Å². The van der Waals surface area contributed by atoms with Gasteiger partial charge in [0.15, 0.2) is 0 Å². The van der Waals surface area contributed by atoms with E-state index in [9.17, 15) is 37.8 Å². The van der Waals surface area contributed by atoms with E-state index in [1.54, 1.807) is 0 Å². The molecule has 10 heteroatoms. The van der Waals surface area contributed by atoms with Crippen LogP contribution in [0.1, 0.15) is 56.1 Å². The van der Waals surface area contributed by atoms with Crippen LogP contribution in [-0.4, -0.2) is 15.8 Å². The van der Waals surface area contributed by atoms with Crippen molar-refractivity contribution >= 4 is 11.4 Å². The lowest BCUT2D eigenvalue weighted by molar-refractivity contribution is -0.396. The molecule has 1 aromatic rings. The number of hydrogen-bond donors (Lipinski definition) is 0. The van der Waals surface area contributed by atoms with Crippen LogP contribution in [0.25, 0.3) is 0 Å². The third-order valence-electron chi connectivity index (χ3n) is 4.45. The molecular weight excluding hydrogens is 348 g/mol. The Morgan fingerprint density at radius 3 is 2.00 bits per heavy atom. The highest BCUT2D eigenvalue weighted by Crippen LogP contribution is 2.51. The van der Waals surface area contributed by atoms with Gasteiger partial charge < -0.3 is 0 Å². The van der Waals surface area contributed by atoms with Crippen molar-refractivity contribution in [1.29, 1.82) is 0 Å². The molecule has 0 aliphatic heterocycles. The van der Waals surface area contributed by atoms with Crippen LogP contribution in [-0.2, 0) is 5.92 Å². The van der Waals surface area contributed by atoms with Crippen LogP contribution < -0.4 is 0 Å². The van der Waals surface area contributed by atoms with Crippen molar-refractivity contribution in [3.63, 3.8) is 0 Å². The third kappa shape index (κ3) is 3.57. The Kier molecular flexibility index (Phi) is 5.01. The number of nitro benzene ring substituents is 2. The van der Waals surface area contributed by atoms with Crippen LogP contribution in [0.5, 0.6) is 0 Å². The van der Waals surface area contributed by atoms with Gasteiger partial charge in [-0.15, -0.1) is 0 Å². The molecule has 0 radical (unpaired) electrons. The van der Waals surface area contributed by atoms with E-state index in [1.807, 2.05) is 0 Å². The predicted octanol–water partition coefficient (Wildman–Crippen LogP) is 5.30. The fraction of sp³-hybridized carbons (Fsp3) is 0.600. The lowest BCUT2D eigenvalue weighted by Gasteiger charge is -2.29. The Labute approximate surface area is 140 Å². The standard InChI is InChI=1S/C15H16F4N2O4/c1-14(16,17)15(18,19)13-11(9-5-3-2-4-6-9)7-10(20(22)23)8-12(13)21(24)25/h7-9H,2-6H2,1H3. The molecule has 0 atom stereocenters. The summed E-state index contributed by atoms with van der Waals surface area (Å²) in [7, 11) is 0. The van der Waals surface area contributed by atoms with Crippen molar-refractivity contribution in [2.75, 3.05) is 0 Å². The maximum absolute atomic E-state index is 14.4. The summed E-state index contributed by atoms with van der Waals surface area (Å²) in [5, 5.41) is 22.2. The first kappa shape index (κ1) is 19.1. The number of nitrogens with zero attached hydrogens (tertiary/aromatic N) is 2. The Bertz CT molecular complexity index is 698. The molecule has 1 fully saturated rings. The van der Waals surface area contributed by atoms with Gasteiger partial charge in [-0.2, -0.15) is 17.6 Å². The van der Waals surface area contributed by atoms with Gasteiger partial charge in [-0.3, -0.25) is 20.2 Å². The monoisotopic (exact) mass is 364 g/mol. The number of alkyl halides is 4. The van der Waals surface area contributed by atoms with Gasteiger partial charge in [0.05, 0.1) is 15.9 Å². The molecule has 0 N–H and O–H groups in total. The highest BCUT2D eigenvalue weighted by Gasteiger charge is 2.58. The molecule has 1 aliphatic rings. The first-order chi connectivity index (χ1) is 11.5. The second-order valence-corrected chi connectivity index (χ2v) is 6.24. The molecule has 0 amide bonds. The third-order valence-corrected chi connectivity index (χ3v) is 4.45. The van der Waals surface area contributed by atoms with E-state index in [2.05, 4.69) is 0 Å². The molecule has 138 valence electrons. The maximum Gasteiger partial charge on any atom is 0.341 e. The molecular formula is C15H16F4N2O4. The second kappa shape index (κ2) is 6.57. The van der Waals surface area contributed by atoms with Gasteiger partial charge in [-0.1, -0.05) is 19.3 Å². The minimum absolute atomic E-state index is 0.0250. The number of hydrogen-bond acceptors (Lipinski definition) is 4. The van der Waals surface area contributed by atoms with E-state index in [4.69, 9.17) is 0 Å². The summed E-state index contributed by atoms with van der Waals surface area (Å²) in [6.07, 6.45) is 2.81. The molecule has 0 unspecified atom stereocenters. The summed E-state index contributed by atoms with van der Waals surface area (Å²) in [5.74, 6) is -10.0. The molecule has 0 spiro atoms. The van der Waals surface area contributed by atoms with Crippen LogP contribution in [0.2, 0.25) is 0 Å². The fourth-order valence-corrected chi connectivity index (χ4v) is 3.18. The minimum atomic E-state index is -4.82. The van der Waals surface area contributed by atoms with Crippen LogP contribution >= 0.6 is 0 Å². The molecule has 2 rings (SSSR count). The molecule has 1 saturated carbocycles. The Morgan fingerprint density at radius 2 is 1.56 bits per heavy atom. The maximum atomic E-state index is 14.4. The number of nitro groups is 2. The Hall–Kier alpha value is -2.26. The van der Waals surface area contributed by atoms with E-state index >= 15 is 0 Å². The normalized spacial score (nSPS) is 16.7. The van der Waals surface area contributed by atoms with Gasteiger partial charge >= 0.3 is 11.8 Å². The molecule has 0 bridgehead atoms. The molecule has 1 aromatic carbocycles. The van der Waals surface area contributed by atoms with Gasteiger partial charge in [-0.25, -0.2) is 0 Å². The van der Waals surface area contributed by atoms with Crippen LogP contribution in [0.15, 0.2) is 12.1 Å². The lowest BCUT2D eigenvalue weighted by Crippen LogP contribution is -2.37. The summed E-state index contributed by atoms with van der Waals surface area (Å²) >= 11 is 0. The first-order valence-corrected chi connectivity index (χ1v) is 7.69. The number of non-ortho nitro benzene ring substituents is 1. The highest BCUT2D eigenvalue weighted by atomic mass is 19.3.